The smallest absolute Gasteiger partial charge is 0.233 e. The molecule has 0 aliphatic rings. The molecule has 1 rings (SSSR count). The molecule has 0 aromatic heterocycles. The number of anilines is 1. The van der Waals surface area contributed by atoms with E-state index in [2.05, 4.69) is 20.7 Å². The molecule has 1 unspecified atom stereocenters. The van der Waals surface area contributed by atoms with Crippen LogP contribution in [0.3, 0.4) is 0 Å². The van der Waals surface area contributed by atoms with E-state index in [0.29, 0.717) is 11.6 Å². The van der Waals surface area contributed by atoms with Gasteiger partial charge >= 0.3 is 0 Å². The summed E-state index contributed by atoms with van der Waals surface area (Å²) in [5, 5.41) is 0. The number of halogens is 2. The number of nitrogens with one attached hydrogen (secondary N) is 1. The van der Waals surface area contributed by atoms with Gasteiger partial charge in [-0.25, -0.2) is 8.42 Å². The maximum Gasteiger partial charge on any atom is 0.233 e. The summed E-state index contributed by atoms with van der Waals surface area (Å²) >= 11 is 9.02. The Kier molecular flexibility index (Phi) is 5.95. The summed E-state index contributed by atoms with van der Waals surface area (Å²) in [6.45, 7) is 3.80. The van der Waals surface area contributed by atoms with Gasteiger partial charge in [-0.2, -0.15) is 0 Å². The van der Waals surface area contributed by atoms with Crippen molar-refractivity contribution in [3.05, 3.63) is 28.2 Å². The van der Waals surface area contributed by atoms with Crippen LogP contribution in [0.1, 0.15) is 19.4 Å². The van der Waals surface area contributed by atoms with Crippen molar-refractivity contribution in [3.8, 4) is 0 Å². The Morgan fingerprint density at radius 1 is 1.44 bits per heavy atom. The Bertz CT molecular complexity index is 505. The minimum absolute atomic E-state index is 0.0374. The molecular weight excluding hydrogens is 338 g/mol. The van der Waals surface area contributed by atoms with Gasteiger partial charge in [-0.1, -0.05) is 29.8 Å². The lowest BCUT2D eigenvalue weighted by atomic mass is 10.1. The summed E-state index contributed by atoms with van der Waals surface area (Å²) in [6, 6.07) is 5.51. The first kappa shape index (κ1) is 15.8. The molecule has 0 fully saturated rings. The van der Waals surface area contributed by atoms with Crippen molar-refractivity contribution in [1.29, 1.82) is 0 Å². The van der Waals surface area contributed by atoms with Crippen molar-refractivity contribution in [1.82, 2.24) is 0 Å². The molecule has 0 heterocycles. The fraction of sp³-hybridized carbons (Fsp3) is 0.500. The summed E-state index contributed by atoms with van der Waals surface area (Å²) in [7, 11) is -3.34. The summed E-state index contributed by atoms with van der Waals surface area (Å²) in [6.07, 6.45) is 0.766. The normalized spacial score (nSPS) is 13.3. The first-order valence-electron chi connectivity index (χ1n) is 5.72. The number of aryl methyl sites for hydroxylation is 1. The van der Waals surface area contributed by atoms with E-state index >= 15 is 0 Å². The van der Waals surface area contributed by atoms with Gasteiger partial charge in [0.05, 0.1) is 11.4 Å². The third-order valence-corrected chi connectivity index (χ3v) is 5.04. The Morgan fingerprint density at radius 3 is 2.67 bits per heavy atom. The number of hydrogen-bond acceptors (Lipinski definition) is 2. The fourth-order valence-electron chi connectivity index (χ4n) is 1.58. The highest BCUT2D eigenvalue weighted by molar-refractivity contribution is 9.10. The molecule has 0 radical (unpaired) electrons. The number of rotatable bonds is 6. The van der Waals surface area contributed by atoms with Crippen LogP contribution in [0, 0.1) is 5.92 Å². The Balaban J connectivity index is 2.90. The molecule has 0 spiro atoms. The summed E-state index contributed by atoms with van der Waals surface area (Å²) in [4.78, 5) is 0. The Hall–Kier alpha value is -0.260. The molecular formula is C12H17BrClNO2S. The van der Waals surface area contributed by atoms with Crippen LogP contribution in [-0.2, 0) is 16.4 Å². The van der Waals surface area contributed by atoms with Crippen LogP contribution >= 0.6 is 27.5 Å². The van der Waals surface area contributed by atoms with Crippen LogP contribution in [0.15, 0.2) is 22.7 Å². The molecule has 1 aromatic carbocycles. The van der Waals surface area contributed by atoms with E-state index in [1.54, 1.807) is 6.07 Å². The van der Waals surface area contributed by atoms with Crippen LogP contribution < -0.4 is 4.72 Å². The number of sulfonamides is 1. The van der Waals surface area contributed by atoms with Crippen molar-refractivity contribution in [2.75, 3.05) is 16.4 Å². The molecule has 0 aliphatic carbocycles. The van der Waals surface area contributed by atoms with Crippen molar-refractivity contribution in [3.63, 3.8) is 0 Å². The van der Waals surface area contributed by atoms with E-state index in [4.69, 9.17) is 11.6 Å². The Morgan fingerprint density at radius 2 is 2.11 bits per heavy atom. The lowest BCUT2D eigenvalue weighted by molar-refractivity contribution is 0.588. The molecule has 0 amide bonds. The first-order chi connectivity index (χ1) is 8.38. The molecule has 18 heavy (non-hydrogen) atoms. The maximum atomic E-state index is 11.9. The molecule has 0 bridgehead atoms. The standard InChI is InChI=1S/C12H17BrClNO2S/c1-3-10-6-11(13)4-5-12(10)15-18(16,17)8-9(2)7-14/h4-6,9,15H,3,7-8H2,1-2H3. The molecule has 0 aliphatic heterocycles. The van der Waals surface area contributed by atoms with Crippen molar-refractivity contribution < 1.29 is 8.42 Å². The second-order valence-electron chi connectivity index (χ2n) is 4.30. The van der Waals surface area contributed by atoms with Crippen LogP contribution in [0.5, 0.6) is 0 Å². The maximum absolute atomic E-state index is 11.9. The van der Waals surface area contributed by atoms with Gasteiger partial charge in [0.2, 0.25) is 10.0 Å². The predicted octanol–water partition coefficient (Wildman–Crippen LogP) is 3.63. The van der Waals surface area contributed by atoms with Crippen LogP contribution in [0.4, 0.5) is 5.69 Å². The highest BCUT2D eigenvalue weighted by atomic mass is 79.9. The molecule has 1 atom stereocenters. The van der Waals surface area contributed by atoms with E-state index in [9.17, 15) is 8.42 Å². The number of alkyl halides is 1. The zero-order chi connectivity index (χ0) is 13.8. The summed E-state index contributed by atoms with van der Waals surface area (Å²) in [5.41, 5.74) is 1.61. The van der Waals surface area contributed by atoms with Gasteiger partial charge in [0, 0.05) is 10.4 Å². The van der Waals surface area contributed by atoms with E-state index in [1.165, 1.54) is 0 Å². The minimum atomic E-state index is -3.34. The van der Waals surface area contributed by atoms with E-state index in [0.717, 1.165) is 16.5 Å². The first-order valence-corrected chi connectivity index (χ1v) is 8.70. The van der Waals surface area contributed by atoms with Gasteiger partial charge in [0.25, 0.3) is 0 Å². The third-order valence-electron chi connectivity index (χ3n) is 2.48. The second-order valence-corrected chi connectivity index (χ2v) is 7.29. The fourth-order valence-corrected chi connectivity index (χ4v) is 3.71. The average molecular weight is 355 g/mol. The van der Waals surface area contributed by atoms with Crippen molar-refractivity contribution >= 4 is 43.2 Å². The lowest BCUT2D eigenvalue weighted by Crippen LogP contribution is -2.22. The monoisotopic (exact) mass is 353 g/mol. The molecule has 102 valence electrons. The number of hydrogen-bond donors (Lipinski definition) is 1. The molecule has 0 saturated heterocycles. The van der Waals surface area contributed by atoms with Gasteiger partial charge in [0.15, 0.2) is 0 Å². The molecule has 1 aromatic rings. The quantitative estimate of drug-likeness (QED) is 0.793. The van der Waals surface area contributed by atoms with E-state index in [1.807, 2.05) is 26.0 Å². The third kappa shape index (κ3) is 4.78. The molecule has 0 saturated carbocycles. The van der Waals surface area contributed by atoms with Crippen LogP contribution in [-0.4, -0.2) is 20.1 Å². The second kappa shape index (κ2) is 6.78. The lowest BCUT2D eigenvalue weighted by Gasteiger charge is -2.14. The van der Waals surface area contributed by atoms with E-state index < -0.39 is 10.0 Å². The molecule has 6 heteroatoms. The summed E-state index contributed by atoms with van der Waals surface area (Å²) in [5.74, 6) is 0.308. The van der Waals surface area contributed by atoms with Crippen LogP contribution in [0.25, 0.3) is 0 Å². The Labute approximate surface area is 122 Å². The van der Waals surface area contributed by atoms with Crippen molar-refractivity contribution in [2.45, 2.75) is 20.3 Å². The number of benzene rings is 1. The highest BCUT2D eigenvalue weighted by Gasteiger charge is 2.16. The van der Waals surface area contributed by atoms with Gasteiger partial charge in [-0.05, 0) is 36.1 Å². The summed E-state index contributed by atoms with van der Waals surface area (Å²) < 4.78 is 27.4. The van der Waals surface area contributed by atoms with Gasteiger partial charge in [-0.15, -0.1) is 11.6 Å². The SMILES string of the molecule is CCc1cc(Br)ccc1NS(=O)(=O)CC(C)CCl. The largest absolute Gasteiger partial charge is 0.283 e. The van der Waals surface area contributed by atoms with Gasteiger partial charge < -0.3 is 0 Å². The highest BCUT2D eigenvalue weighted by Crippen LogP contribution is 2.23. The van der Waals surface area contributed by atoms with E-state index in [-0.39, 0.29) is 11.7 Å². The molecule has 1 N–H and O–H groups in total. The zero-order valence-electron chi connectivity index (χ0n) is 10.4. The zero-order valence-corrected chi connectivity index (χ0v) is 13.6. The van der Waals surface area contributed by atoms with Gasteiger partial charge in [0.1, 0.15) is 0 Å². The topological polar surface area (TPSA) is 46.2 Å². The minimum Gasteiger partial charge on any atom is -0.283 e. The van der Waals surface area contributed by atoms with Crippen molar-refractivity contribution in [2.24, 2.45) is 5.92 Å². The average Bonchev–Trinajstić information content (AvgIpc) is 2.30. The molecule has 3 nitrogen and oxygen atoms in total. The van der Waals surface area contributed by atoms with Gasteiger partial charge in [-0.3, -0.25) is 4.72 Å². The van der Waals surface area contributed by atoms with Crippen LogP contribution in [0.2, 0.25) is 0 Å². The predicted molar refractivity (Wildman–Crippen MR) is 80.8 cm³/mol.